The van der Waals surface area contributed by atoms with Crippen LogP contribution in [0.4, 0.5) is 17.2 Å². The van der Waals surface area contributed by atoms with Crippen LogP contribution >= 0.6 is 0 Å². The average molecular weight is 524 g/mol. The van der Waals surface area contributed by atoms with E-state index in [1.807, 2.05) is 73.7 Å². The Labute approximate surface area is 226 Å². The number of ether oxygens (including phenoxy) is 2. The zero-order valence-electron chi connectivity index (χ0n) is 22.1. The highest BCUT2D eigenvalue weighted by atomic mass is 16.5. The predicted octanol–water partition coefficient (Wildman–Crippen LogP) is 5.39. The number of methoxy groups -OCH3 is 2. The molecule has 0 fully saturated rings. The minimum Gasteiger partial charge on any atom is -0.493 e. The van der Waals surface area contributed by atoms with Crippen molar-refractivity contribution in [3.63, 3.8) is 0 Å². The van der Waals surface area contributed by atoms with Crippen LogP contribution in [0.3, 0.4) is 0 Å². The molecular weight excluding hydrogens is 494 g/mol. The first-order valence-electron chi connectivity index (χ1n) is 12.4. The Kier molecular flexibility index (Phi) is 7.05. The van der Waals surface area contributed by atoms with Gasteiger partial charge < -0.3 is 25.4 Å². The highest BCUT2D eigenvalue weighted by molar-refractivity contribution is 6.09. The van der Waals surface area contributed by atoms with Crippen LogP contribution < -0.4 is 25.4 Å². The van der Waals surface area contributed by atoms with Crippen LogP contribution in [-0.2, 0) is 4.79 Å². The number of rotatable bonds is 7. The third-order valence-corrected chi connectivity index (χ3v) is 6.58. The number of carbonyl (C=O) groups is 2. The van der Waals surface area contributed by atoms with Gasteiger partial charge in [-0.1, -0.05) is 48.0 Å². The lowest BCUT2D eigenvalue weighted by Crippen LogP contribution is -2.32. The Morgan fingerprint density at radius 3 is 2.23 bits per heavy atom. The molecule has 0 bridgehead atoms. The van der Waals surface area contributed by atoms with Crippen LogP contribution in [0.1, 0.15) is 34.5 Å². The molecule has 0 spiro atoms. The second-order valence-electron chi connectivity index (χ2n) is 9.14. The molecular formula is C30H29N5O4. The van der Waals surface area contributed by atoms with Crippen molar-refractivity contribution in [3.8, 4) is 11.5 Å². The molecule has 1 aliphatic rings. The average Bonchev–Trinajstić information content (AvgIpc) is 3.37. The number of para-hydroxylation sites is 2. The number of amides is 2. The fourth-order valence-electron chi connectivity index (χ4n) is 4.69. The summed E-state index contributed by atoms with van der Waals surface area (Å²) in [5.41, 5.74) is 4.41. The van der Waals surface area contributed by atoms with E-state index in [2.05, 4.69) is 21.0 Å². The molecule has 39 heavy (non-hydrogen) atoms. The molecule has 0 unspecified atom stereocenters. The number of fused-ring (bicyclic) bond motifs is 1. The highest BCUT2D eigenvalue weighted by Crippen LogP contribution is 2.44. The Morgan fingerprint density at radius 1 is 0.846 bits per heavy atom. The maximum Gasteiger partial charge on any atom is 0.261 e. The SMILES string of the molecule is COc1cccc([C@H]2C(C(=O)Nc3ccccc3)=C(C)Nc3c(C(=O)Nc4ccc(C)cc4)cnn32)c1OC. The Bertz CT molecular complexity index is 1560. The van der Waals surface area contributed by atoms with Crippen LogP contribution in [0.25, 0.3) is 0 Å². The smallest absolute Gasteiger partial charge is 0.261 e. The topological polar surface area (TPSA) is 107 Å². The second-order valence-corrected chi connectivity index (χ2v) is 9.14. The molecule has 1 aromatic heterocycles. The first-order valence-corrected chi connectivity index (χ1v) is 12.4. The van der Waals surface area contributed by atoms with E-state index in [-0.39, 0.29) is 11.8 Å². The fraction of sp³-hybridized carbons (Fsp3) is 0.167. The molecule has 4 aromatic rings. The van der Waals surface area contributed by atoms with Crippen molar-refractivity contribution in [2.24, 2.45) is 0 Å². The van der Waals surface area contributed by atoms with Crippen LogP contribution in [0, 0.1) is 6.92 Å². The zero-order valence-corrected chi connectivity index (χ0v) is 22.1. The van der Waals surface area contributed by atoms with Gasteiger partial charge in [0.15, 0.2) is 11.5 Å². The van der Waals surface area contributed by atoms with Crippen molar-refractivity contribution < 1.29 is 19.1 Å². The van der Waals surface area contributed by atoms with Crippen molar-refractivity contribution in [2.75, 3.05) is 30.2 Å². The van der Waals surface area contributed by atoms with Gasteiger partial charge in [-0.2, -0.15) is 5.10 Å². The predicted molar refractivity (Wildman–Crippen MR) is 150 cm³/mol. The van der Waals surface area contributed by atoms with E-state index in [0.29, 0.717) is 51.1 Å². The lowest BCUT2D eigenvalue weighted by molar-refractivity contribution is -0.113. The molecule has 0 radical (unpaired) electrons. The number of anilines is 3. The third kappa shape index (κ3) is 4.94. The van der Waals surface area contributed by atoms with Gasteiger partial charge in [0.1, 0.15) is 17.4 Å². The molecule has 2 heterocycles. The summed E-state index contributed by atoms with van der Waals surface area (Å²) in [6.45, 7) is 3.79. The van der Waals surface area contributed by atoms with E-state index in [4.69, 9.17) is 9.47 Å². The molecule has 9 nitrogen and oxygen atoms in total. The van der Waals surface area contributed by atoms with Crippen molar-refractivity contribution in [3.05, 3.63) is 107 Å². The van der Waals surface area contributed by atoms with Crippen molar-refractivity contribution >= 4 is 29.0 Å². The summed E-state index contributed by atoms with van der Waals surface area (Å²) < 4.78 is 12.9. The molecule has 0 aliphatic carbocycles. The normalized spacial score (nSPS) is 14.2. The number of hydrogen-bond acceptors (Lipinski definition) is 6. The molecule has 5 rings (SSSR count). The molecule has 0 saturated carbocycles. The van der Waals surface area contributed by atoms with Gasteiger partial charge >= 0.3 is 0 Å². The maximum atomic E-state index is 13.7. The van der Waals surface area contributed by atoms with Gasteiger partial charge in [0, 0.05) is 22.6 Å². The summed E-state index contributed by atoms with van der Waals surface area (Å²) >= 11 is 0. The lowest BCUT2D eigenvalue weighted by atomic mass is 9.93. The summed E-state index contributed by atoms with van der Waals surface area (Å²) in [6.07, 6.45) is 1.50. The summed E-state index contributed by atoms with van der Waals surface area (Å²) in [4.78, 5) is 27.1. The van der Waals surface area contributed by atoms with Gasteiger partial charge in [0.05, 0.1) is 26.0 Å². The summed E-state index contributed by atoms with van der Waals surface area (Å²) in [5, 5.41) is 13.7. The van der Waals surface area contributed by atoms with Gasteiger partial charge in [0.25, 0.3) is 11.8 Å². The molecule has 9 heteroatoms. The monoisotopic (exact) mass is 523 g/mol. The fourth-order valence-corrected chi connectivity index (χ4v) is 4.69. The molecule has 198 valence electrons. The standard InChI is InChI=1S/C30H29N5O4/c1-18-13-15-21(16-14-18)33-29(36)23-17-31-35-26(22-11-8-12-24(38-3)27(22)39-4)25(19(2)32-28(23)35)30(37)34-20-9-6-5-7-10-20/h5-17,26,32H,1-4H3,(H,33,36)(H,34,37)/t26-/m0/s1. The van der Waals surface area contributed by atoms with E-state index in [9.17, 15) is 9.59 Å². The van der Waals surface area contributed by atoms with Crippen molar-refractivity contribution in [2.45, 2.75) is 19.9 Å². The molecule has 0 saturated heterocycles. The lowest BCUT2D eigenvalue weighted by Gasteiger charge is -2.31. The minimum absolute atomic E-state index is 0.312. The minimum atomic E-state index is -0.712. The number of nitrogens with one attached hydrogen (secondary N) is 3. The number of allylic oxidation sites excluding steroid dienone is 1. The Balaban J connectivity index is 1.60. The van der Waals surface area contributed by atoms with Crippen molar-refractivity contribution in [1.82, 2.24) is 9.78 Å². The van der Waals surface area contributed by atoms with Gasteiger partial charge in [0.2, 0.25) is 0 Å². The Hall–Kier alpha value is -5.05. The molecule has 1 atom stereocenters. The maximum absolute atomic E-state index is 13.7. The Morgan fingerprint density at radius 2 is 1.54 bits per heavy atom. The molecule has 1 aliphatic heterocycles. The number of aryl methyl sites for hydroxylation is 1. The number of benzene rings is 3. The zero-order chi connectivity index (χ0) is 27.5. The van der Waals surface area contributed by atoms with Crippen LogP contribution in [0.5, 0.6) is 11.5 Å². The summed E-state index contributed by atoms with van der Waals surface area (Å²) in [5.74, 6) is 0.807. The summed E-state index contributed by atoms with van der Waals surface area (Å²) in [7, 11) is 3.11. The molecule has 2 amide bonds. The van der Waals surface area contributed by atoms with E-state index >= 15 is 0 Å². The highest BCUT2D eigenvalue weighted by Gasteiger charge is 2.37. The summed E-state index contributed by atoms with van der Waals surface area (Å²) in [6, 6.07) is 21.5. The van der Waals surface area contributed by atoms with Crippen molar-refractivity contribution in [1.29, 1.82) is 0 Å². The number of carbonyl (C=O) groups excluding carboxylic acids is 2. The van der Waals surface area contributed by atoms with Crippen LogP contribution in [-0.4, -0.2) is 35.8 Å². The molecule has 3 aromatic carbocycles. The van der Waals surface area contributed by atoms with Gasteiger partial charge in [-0.15, -0.1) is 0 Å². The van der Waals surface area contributed by atoms with Crippen LogP contribution in [0.15, 0.2) is 90.3 Å². The second kappa shape index (κ2) is 10.7. The van der Waals surface area contributed by atoms with Gasteiger partial charge in [-0.05, 0) is 44.2 Å². The first kappa shape index (κ1) is 25.6. The third-order valence-electron chi connectivity index (χ3n) is 6.58. The quantitative estimate of drug-likeness (QED) is 0.300. The molecule has 3 N–H and O–H groups in total. The number of nitrogens with zero attached hydrogens (tertiary/aromatic N) is 2. The van der Waals surface area contributed by atoms with Crippen LogP contribution in [0.2, 0.25) is 0 Å². The van der Waals surface area contributed by atoms with E-state index in [1.54, 1.807) is 31.9 Å². The number of hydrogen-bond donors (Lipinski definition) is 3. The van der Waals surface area contributed by atoms with E-state index in [0.717, 1.165) is 5.56 Å². The van der Waals surface area contributed by atoms with Gasteiger partial charge in [-0.3, -0.25) is 9.59 Å². The van der Waals surface area contributed by atoms with Gasteiger partial charge in [-0.25, -0.2) is 4.68 Å². The number of aromatic nitrogens is 2. The van der Waals surface area contributed by atoms with E-state index < -0.39 is 6.04 Å². The first-order chi connectivity index (χ1) is 18.9. The largest absolute Gasteiger partial charge is 0.493 e. The van der Waals surface area contributed by atoms with E-state index in [1.165, 1.54) is 6.20 Å².